The highest BCUT2D eigenvalue weighted by Gasteiger charge is 2.33. The van der Waals surface area contributed by atoms with E-state index < -0.39 is 6.04 Å². The Kier molecular flexibility index (Phi) is 8.45. The Morgan fingerprint density at radius 1 is 1.13 bits per heavy atom. The van der Waals surface area contributed by atoms with Crippen molar-refractivity contribution in [3.63, 3.8) is 0 Å². The van der Waals surface area contributed by atoms with Gasteiger partial charge in [-0.05, 0) is 42.2 Å². The van der Waals surface area contributed by atoms with Crippen LogP contribution in [0.2, 0.25) is 0 Å². The van der Waals surface area contributed by atoms with E-state index in [1.165, 1.54) is 22.7 Å². The highest BCUT2D eigenvalue weighted by atomic mass is 32.1. The van der Waals surface area contributed by atoms with Gasteiger partial charge < -0.3 is 15.5 Å². The Bertz CT molecular complexity index is 815. The summed E-state index contributed by atoms with van der Waals surface area (Å²) in [5, 5.41) is 9.61. The molecule has 8 heteroatoms. The Hall–Kier alpha value is -2.19. The summed E-state index contributed by atoms with van der Waals surface area (Å²) in [5.41, 5.74) is 0. The fourth-order valence-corrected chi connectivity index (χ4v) is 5.17. The van der Waals surface area contributed by atoms with Crippen molar-refractivity contribution in [1.82, 2.24) is 15.5 Å². The molecule has 6 nitrogen and oxygen atoms in total. The number of thiophene rings is 2. The lowest BCUT2D eigenvalue weighted by Crippen LogP contribution is -2.48. The number of hydrogen-bond acceptors (Lipinski definition) is 5. The number of hydrogen-bond donors (Lipinski definition) is 2. The first-order valence-electron chi connectivity index (χ1n) is 10.5. The predicted octanol–water partition coefficient (Wildman–Crippen LogP) is 3.97. The van der Waals surface area contributed by atoms with Crippen molar-refractivity contribution in [2.75, 3.05) is 13.1 Å². The molecule has 2 heterocycles. The Balaban J connectivity index is 1.74. The topological polar surface area (TPSA) is 78.5 Å². The Labute approximate surface area is 185 Å². The van der Waals surface area contributed by atoms with Crippen LogP contribution in [0.15, 0.2) is 35.0 Å². The van der Waals surface area contributed by atoms with E-state index in [1.807, 2.05) is 22.9 Å². The van der Waals surface area contributed by atoms with Gasteiger partial charge in [0.15, 0.2) is 0 Å². The molecule has 0 radical (unpaired) electrons. The van der Waals surface area contributed by atoms with E-state index in [1.54, 1.807) is 17.0 Å². The van der Waals surface area contributed by atoms with Gasteiger partial charge in [-0.1, -0.05) is 38.3 Å². The highest BCUT2D eigenvalue weighted by Crippen LogP contribution is 2.28. The van der Waals surface area contributed by atoms with Gasteiger partial charge in [0.1, 0.15) is 6.04 Å². The fraction of sp³-hybridized carbons (Fsp3) is 0.500. The number of carbonyl (C=O) groups excluding carboxylic acids is 3. The van der Waals surface area contributed by atoms with Crippen LogP contribution < -0.4 is 10.6 Å². The van der Waals surface area contributed by atoms with Crippen LogP contribution in [0.25, 0.3) is 0 Å². The predicted molar refractivity (Wildman–Crippen MR) is 121 cm³/mol. The molecule has 3 rings (SSSR count). The van der Waals surface area contributed by atoms with E-state index >= 15 is 0 Å². The number of carbonyl (C=O) groups is 3. The van der Waals surface area contributed by atoms with Crippen LogP contribution in [-0.2, 0) is 9.59 Å². The molecule has 1 fully saturated rings. The van der Waals surface area contributed by atoms with E-state index in [0.29, 0.717) is 11.4 Å². The Morgan fingerprint density at radius 2 is 1.87 bits per heavy atom. The summed E-state index contributed by atoms with van der Waals surface area (Å²) < 4.78 is 0. The molecule has 2 aromatic rings. The standard InChI is InChI=1S/C22H29N3O3S2/c1-2-3-12-25(19(26)15-23-21(27)18-11-7-14-30-18)20(17-10-6-13-29-17)22(28)24-16-8-4-5-9-16/h6-7,10-11,13-14,16,20H,2-5,8-9,12,15H2,1H3,(H,23,27)(H,24,28)/t20-/m1/s1. The van der Waals surface area contributed by atoms with E-state index in [4.69, 9.17) is 0 Å². The Morgan fingerprint density at radius 3 is 2.50 bits per heavy atom. The maximum atomic E-state index is 13.2. The average Bonchev–Trinajstić information content (AvgIpc) is 3.51. The van der Waals surface area contributed by atoms with Crippen LogP contribution in [0, 0.1) is 0 Å². The van der Waals surface area contributed by atoms with Gasteiger partial charge in [-0.2, -0.15) is 0 Å². The van der Waals surface area contributed by atoms with Gasteiger partial charge >= 0.3 is 0 Å². The highest BCUT2D eigenvalue weighted by molar-refractivity contribution is 7.12. The smallest absolute Gasteiger partial charge is 0.261 e. The summed E-state index contributed by atoms with van der Waals surface area (Å²) in [6, 6.07) is 6.85. The largest absolute Gasteiger partial charge is 0.351 e. The maximum Gasteiger partial charge on any atom is 0.261 e. The van der Waals surface area contributed by atoms with E-state index in [-0.39, 0.29) is 30.3 Å². The first-order chi connectivity index (χ1) is 14.6. The van der Waals surface area contributed by atoms with Crippen LogP contribution in [-0.4, -0.2) is 41.8 Å². The van der Waals surface area contributed by atoms with E-state index in [2.05, 4.69) is 17.6 Å². The fourth-order valence-electron chi connectivity index (χ4n) is 3.70. The molecule has 1 aliphatic rings. The average molecular weight is 448 g/mol. The summed E-state index contributed by atoms with van der Waals surface area (Å²) >= 11 is 2.81. The molecule has 0 aliphatic heterocycles. The summed E-state index contributed by atoms with van der Waals surface area (Å²) in [6.45, 7) is 2.41. The van der Waals surface area contributed by atoms with Crippen LogP contribution >= 0.6 is 22.7 Å². The number of rotatable bonds is 10. The molecule has 0 unspecified atom stereocenters. The maximum absolute atomic E-state index is 13.2. The molecule has 0 bridgehead atoms. The second-order valence-electron chi connectivity index (χ2n) is 7.51. The molecule has 1 aliphatic carbocycles. The monoisotopic (exact) mass is 447 g/mol. The van der Waals surface area contributed by atoms with E-state index in [9.17, 15) is 14.4 Å². The van der Waals surface area contributed by atoms with Crippen molar-refractivity contribution in [3.05, 3.63) is 44.8 Å². The van der Waals surface area contributed by atoms with Crippen LogP contribution in [0.5, 0.6) is 0 Å². The molecule has 1 atom stereocenters. The van der Waals surface area contributed by atoms with Gasteiger partial charge in [-0.3, -0.25) is 14.4 Å². The number of amides is 3. The first kappa shape index (κ1) is 22.5. The van der Waals surface area contributed by atoms with Crippen molar-refractivity contribution >= 4 is 40.4 Å². The molecule has 0 spiro atoms. The second kappa shape index (κ2) is 11.3. The molecule has 2 N–H and O–H groups in total. The van der Waals surface area contributed by atoms with Gasteiger partial charge in [0, 0.05) is 17.5 Å². The molecule has 30 heavy (non-hydrogen) atoms. The minimum Gasteiger partial charge on any atom is -0.351 e. The van der Waals surface area contributed by atoms with Gasteiger partial charge in [0.25, 0.3) is 5.91 Å². The molecular formula is C22H29N3O3S2. The summed E-state index contributed by atoms with van der Waals surface area (Å²) in [6.07, 6.45) is 5.94. The SMILES string of the molecule is CCCCN(C(=O)CNC(=O)c1cccs1)[C@@H](C(=O)NC1CCCC1)c1cccs1. The van der Waals surface area contributed by atoms with Crippen molar-refractivity contribution in [2.45, 2.75) is 57.5 Å². The third kappa shape index (κ3) is 5.92. The zero-order valence-electron chi connectivity index (χ0n) is 17.3. The minimum absolute atomic E-state index is 0.126. The zero-order chi connectivity index (χ0) is 21.3. The third-order valence-corrected chi connectivity index (χ3v) is 7.09. The molecule has 3 amide bonds. The van der Waals surface area contributed by atoms with Crippen molar-refractivity contribution < 1.29 is 14.4 Å². The van der Waals surface area contributed by atoms with Crippen molar-refractivity contribution in [1.29, 1.82) is 0 Å². The second-order valence-corrected chi connectivity index (χ2v) is 9.44. The molecule has 162 valence electrons. The summed E-state index contributed by atoms with van der Waals surface area (Å²) in [5.74, 6) is -0.636. The van der Waals surface area contributed by atoms with Crippen molar-refractivity contribution in [2.24, 2.45) is 0 Å². The third-order valence-electron chi connectivity index (χ3n) is 5.29. The van der Waals surface area contributed by atoms with Crippen LogP contribution in [0.3, 0.4) is 0 Å². The van der Waals surface area contributed by atoms with Crippen LogP contribution in [0.4, 0.5) is 0 Å². The molecular weight excluding hydrogens is 418 g/mol. The lowest BCUT2D eigenvalue weighted by molar-refractivity contribution is -0.140. The van der Waals surface area contributed by atoms with E-state index in [0.717, 1.165) is 43.4 Å². The normalized spacial score (nSPS) is 15.0. The number of nitrogens with zero attached hydrogens (tertiary/aromatic N) is 1. The molecule has 2 aromatic heterocycles. The molecule has 0 saturated heterocycles. The first-order valence-corrected chi connectivity index (χ1v) is 12.3. The lowest BCUT2D eigenvalue weighted by atomic mass is 10.1. The van der Waals surface area contributed by atoms with Gasteiger partial charge in [-0.15, -0.1) is 22.7 Å². The summed E-state index contributed by atoms with van der Waals surface area (Å²) in [4.78, 5) is 41.7. The van der Waals surface area contributed by atoms with Crippen LogP contribution in [0.1, 0.15) is 66.0 Å². The van der Waals surface area contributed by atoms with Crippen molar-refractivity contribution in [3.8, 4) is 0 Å². The number of nitrogens with one attached hydrogen (secondary N) is 2. The lowest BCUT2D eigenvalue weighted by Gasteiger charge is -2.31. The van der Waals surface area contributed by atoms with Gasteiger partial charge in [0.2, 0.25) is 11.8 Å². The van der Waals surface area contributed by atoms with Gasteiger partial charge in [-0.25, -0.2) is 0 Å². The summed E-state index contributed by atoms with van der Waals surface area (Å²) in [7, 11) is 0. The minimum atomic E-state index is -0.664. The molecule has 0 aromatic carbocycles. The van der Waals surface area contributed by atoms with Gasteiger partial charge in [0.05, 0.1) is 11.4 Å². The molecule has 1 saturated carbocycles. The quantitative estimate of drug-likeness (QED) is 0.578. The zero-order valence-corrected chi connectivity index (χ0v) is 18.9. The number of unbranched alkanes of at least 4 members (excludes halogenated alkanes) is 1.